The fraction of sp³-hybridized carbons (Fsp3) is 0.281. The molecule has 1 aliphatic rings. The molecule has 45 heavy (non-hydrogen) atoms. The number of methoxy groups -OCH3 is 2. The fourth-order valence-corrected chi connectivity index (χ4v) is 4.70. The number of halogens is 1. The maximum absolute atomic E-state index is 12.4. The van der Waals surface area contributed by atoms with Gasteiger partial charge in [0.25, 0.3) is 0 Å². The third-order valence-corrected chi connectivity index (χ3v) is 6.82. The highest BCUT2D eigenvalue weighted by molar-refractivity contribution is 6.30. The van der Waals surface area contributed by atoms with Gasteiger partial charge in [-0.15, -0.1) is 0 Å². The van der Waals surface area contributed by atoms with E-state index < -0.39 is 24.3 Å². The van der Waals surface area contributed by atoms with Crippen LogP contribution in [0.1, 0.15) is 36.6 Å². The molecule has 0 radical (unpaired) electrons. The Morgan fingerprint density at radius 2 is 1.82 bits per heavy atom. The van der Waals surface area contributed by atoms with E-state index in [0.717, 1.165) is 5.56 Å². The van der Waals surface area contributed by atoms with Gasteiger partial charge < -0.3 is 39.4 Å². The van der Waals surface area contributed by atoms with Gasteiger partial charge in [-0.1, -0.05) is 29.8 Å². The number of rotatable bonds is 14. The van der Waals surface area contributed by atoms with Gasteiger partial charge in [-0.05, 0) is 73.0 Å². The van der Waals surface area contributed by atoms with Crippen LogP contribution in [0.4, 0.5) is 4.79 Å². The minimum absolute atomic E-state index is 0.160. The molecule has 238 valence electrons. The number of allylic oxidation sites excluding steroid dienone is 1. The number of amides is 2. The SMILES string of the molecule is CCOc1cc([C@H]2NC(=O)NC(C)=C2C(=O)OC)ccc1OC[C@H](O)N/N=C/c1ccc(OCc2cccc(Cl)c2)c(OC)c1. The average molecular weight is 639 g/mol. The molecule has 0 spiro atoms. The van der Waals surface area contributed by atoms with E-state index in [9.17, 15) is 14.7 Å². The van der Waals surface area contributed by atoms with Crippen LogP contribution in [0.3, 0.4) is 0 Å². The Morgan fingerprint density at radius 1 is 1.04 bits per heavy atom. The second kappa shape index (κ2) is 15.7. The lowest BCUT2D eigenvalue weighted by molar-refractivity contribution is -0.136. The number of nitrogens with zero attached hydrogens (tertiary/aromatic N) is 1. The molecule has 1 heterocycles. The highest BCUT2D eigenvalue weighted by atomic mass is 35.5. The van der Waals surface area contributed by atoms with Crippen LogP contribution >= 0.6 is 11.6 Å². The standard InChI is InChI=1S/C32H35ClN4O8/c1-5-43-27-15-22(30-29(31(39)42-4)19(2)35-32(40)36-30)10-12-25(27)45-18-28(38)37-34-16-20-9-11-24(26(14-20)41-3)44-17-21-7-6-8-23(33)13-21/h6-16,28,30,37-38H,5,17-18H2,1-4H3,(H2,35,36,40)/b34-16+/t28-,30+/m0/s1. The summed E-state index contributed by atoms with van der Waals surface area (Å²) in [6.45, 7) is 3.93. The third-order valence-electron chi connectivity index (χ3n) is 6.58. The van der Waals surface area contributed by atoms with Gasteiger partial charge in [0.1, 0.15) is 13.2 Å². The molecular formula is C32H35ClN4O8. The van der Waals surface area contributed by atoms with Gasteiger partial charge in [0.05, 0.1) is 38.7 Å². The lowest BCUT2D eigenvalue weighted by Gasteiger charge is -2.28. The van der Waals surface area contributed by atoms with Gasteiger partial charge >= 0.3 is 12.0 Å². The summed E-state index contributed by atoms with van der Waals surface area (Å²) >= 11 is 6.05. The van der Waals surface area contributed by atoms with Gasteiger partial charge in [0.15, 0.2) is 29.2 Å². The summed E-state index contributed by atoms with van der Waals surface area (Å²) in [4.78, 5) is 24.6. The predicted molar refractivity (Wildman–Crippen MR) is 168 cm³/mol. The highest BCUT2D eigenvalue weighted by Gasteiger charge is 2.32. The zero-order valence-electron chi connectivity index (χ0n) is 25.3. The summed E-state index contributed by atoms with van der Waals surface area (Å²) in [6.07, 6.45) is 0.368. The Labute approximate surface area is 265 Å². The van der Waals surface area contributed by atoms with Crippen LogP contribution in [0, 0.1) is 0 Å². The molecule has 0 fully saturated rings. The summed E-state index contributed by atoms with van der Waals surface area (Å²) in [6, 6.07) is 16.5. The zero-order valence-corrected chi connectivity index (χ0v) is 26.0. The number of benzene rings is 3. The molecule has 0 unspecified atom stereocenters. The summed E-state index contributed by atoms with van der Waals surface area (Å²) in [5.74, 6) is 1.22. The molecule has 0 saturated heterocycles. The molecule has 0 bridgehead atoms. The number of urea groups is 1. The van der Waals surface area contributed by atoms with Crippen LogP contribution in [0.5, 0.6) is 23.0 Å². The number of carbonyl (C=O) groups is 2. The molecule has 12 nitrogen and oxygen atoms in total. The van der Waals surface area contributed by atoms with E-state index in [0.29, 0.717) is 58.1 Å². The number of hydrogen-bond donors (Lipinski definition) is 4. The first-order valence-corrected chi connectivity index (χ1v) is 14.4. The maximum atomic E-state index is 12.4. The van der Waals surface area contributed by atoms with Crippen molar-refractivity contribution in [3.8, 4) is 23.0 Å². The molecule has 4 rings (SSSR count). The summed E-state index contributed by atoms with van der Waals surface area (Å²) < 4.78 is 27.8. The van der Waals surface area contributed by atoms with Crippen molar-refractivity contribution in [1.29, 1.82) is 0 Å². The Morgan fingerprint density at radius 3 is 2.56 bits per heavy atom. The predicted octanol–water partition coefficient (Wildman–Crippen LogP) is 4.45. The number of nitrogens with one attached hydrogen (secondary N) is 3. The smallest absolute Gasteiger partial charge is 0.337 e. The Balaban J connectivity index is 1.36. The van der Waals surface area contributed by atoms with E-state index in [2.05, 4.69) is 21.2 Å². The first-order valence-electron chi connectivity index (χ1n) is 14.0. The first kappa shape index (κ1) is 33.0. The molecule has 3 aromatic rings. The van der Waals surface area contributed by atoms with Gasteiger partial charge in [0.2, 0.25) is 0 Å². The van der Waals surface area contributed by atoms with Crippen LogP contribution in [0.25, 0.3) is 0 Å². The largest absolute Gasteiger partial charge is 0.493 e. The van der Waals surface area contributed by atoms with Gasteiger partial charge in [-0.25, -0.2) is 9.59 Å². The van der Waals surface area contributed by atoms with E-state index in [1.807, 2.05) is 25.1 Å². The van der Waals surface area contributed by atoms with E-state index in [-0.39, 0.29) is 12.2 Å². The summed E-state index contributed by atoms with van der Waals surface area (Å²) in [7, 11) is 2.82. The monoisotopic (exact) mass is 638 g/mol. The van der Waals surface area contributed by atoms with Gasteiger partial charge in [-0.2, -0.15) is 5.10 Å². The fourth-order valence-electron chi connectivity index (χ4n) is 4.49. The van der Waals surface area contributed by atoms with Crippen molar-refractivity contribution in [2.24, 2.45) is 5.10 Å². The van der Waals surface area contributed by atoms with Crippen LogP contribution in [-0.4, -0.2) is 57.0 Å². The van der Waals surface area contributed by atoms with Crippen LogP contribution in [0.2, 0.25) is 5.02 Å². The quantitative estimate of drug-likeness (QED) is 0.0870. The number of esters is 1. The summed E-state index contributed by atoms with van der Waals surface area (Å²) in [5, 5.41) is 20.5. The molecule has 4 N–H and O–H groups in total. The van der Waals surface area contributed by atoms with Crippen LogP contribution in [-0.2, 0) is 16.1 Å². The van der Waals surface area contributed by atoms with Crippen molar-refractivity contribution in [3.05, 3.63) is 93.6 Å². The molecule has 3 aromatic carbocycles. The van der Waals surface area contributed by atoms with E-state index in [1.165, 1.54) is 13.3 Å². The highest BCUT2D eigenvalue weighted by Crippen LogP contribution is 2.35. The molecular weight excluding hydrogens is 604 g/mol. The minimum atomic E-state index is -1.15. The number of hydrogen-bond acceptors (Lipinski definition) is 10. The molecule has 2 amide bonds. The van der Waals surface area contributed by atoms with Crippen molar-refractivity contribution >= 4 is 29.8 Å². The van der Waals surface area contributed by atoms with E-state index in [4.69, 9.17) is 35.3 Å². The lowest BCUT2D eigenvalue weighted by Crippen LogP contribution is -2.45. The maximum Gasteiger partial charge on any atom is 0.337 e. The van der Waals surface area contributed by atoms with Crippen molar-refractivity contribution in [3.63, 3.8) is 0 Å². The van der Waals surface area contributed by atoms with Gasteiger partial charge in [-0.3, -0.25) is 5.43 Å². The van der Waals surface area contributed by atoms with Crippen molar-refractivity contribution in [2.75, 3.05) is 27.4 Å². The normalized spacial score (nSPS) is 15.2. The van der Waals surface area contributed by atoms with Crippen LogP contribution in [0.15, 0.2) is 77.0 Å². The number of hydrazone groups is 1. The molecule has 0 saturated carbocycles. The minimum Gasteiger partial charge on any atom is -0.493 e. The Bertz CT molecular complexity index is 1580. The number of ether oxygens (including phenoxy) is 5. The van der Waals surface area contributed by atoms with Crippen molar-refractivity contribution in [1.82, 2.24) is 16.1 Å². The second-order valence-electron chi connectivity index (χ2n) is 9.74. The van der Waals surface area contributed by atoms with Crippen molar-refractivity contribution in [2.45, 2.75) is 32.7 Å². The Hall–Kier alpha value is -4.94. The number of carbonyl (C=O) groups excluding carboxylic acids is 2. The third kappa shape index (κ3) is 8.80. The molecule has 0 aromatic heterocycles. The number of aliphatic hydroxyl groups excluding tert-OH is 1. The first-order chi connectivity index (χ1) is 21.7. The lowest BCUT2D eigenvalue weighted by atomic mass is 9.95. The molecule has 1 aliphatic heterocycles. The van der Waals surface area contributed by atoms with Gasteiger partial charge in [0, 0.05) is 10.7 Å². The summed E-state index contributed by atoms with van der Waals surface area (Å²) in [5.41, 5.74) is 5.49. The molecule has 2 atom stereocenters. The van der Waals surface area contributed by atoms with Crippen molar-refractivity contribution < 1.29 is 38.4 Å². The second-order valence-corrected chi connectivity index (χ2v) is 10.2. The van der Waals surface area contributed by atoms with E-state index in [1.54, 1.807) is 56.5 Å². The van der Waals surface area contributed by atoms with E-state index >= 15 is 0 Å². The topological polar surface area (TPSA) is 149 Å². The average Bonchev–Trinajstić information content (AvgIpc) is 3.03. The molecule has 13 heteroatoms. The molecule has 0 aliphatic carbocycles. The zero-order chi connectivity index (χ0) is 32.3. The van der Waals surface area contributed by atoms with Crippen LogP contribution < -0.4 is 35.0 Å². The Kier molecular flexibility index (Phi) is 11.5. The number of aliphatic hydroxyl groups is 1.